The van der Waals surface area contributed by atoms with Crippen molar-refractivity contribution in [1.82, 2.24) is 9.97 Å². The highest BCUT2D eigenvalue weighted by Crippen LogP contribution is 2.28. The van der Waals surface area contributed by atoms with Gasteiger partial charge in [0.05, 0.1) is 24.9 Å². The summed E-state index contributed by atoms with van der Waals surface area (Å²) in [6, 6.07) is 0.287. The van der Waals surface area contributed by atoms with Crippen molar-refractivity contribution in [3.8, 4) is 0 Å². The summed E-state index contributed by atoms with van der Waals surface area (Å²) in [5.74, 6) is 0.702. The van der Waals surface area contributed by atoms with E-state index in [1.807, 2.05) is 6.92 Å². The zero-order valence-electron chi connectivity index (χ0n) is 9.86. The van der Waals surface area contributed by atoms with E-state index < -0.39 is 0 Å². The van der Waals surface area contributed by atoms with Gasteiger partial charge in [-0.1, -0.05) is 18.5 Å². The molecule has 6 heteroatoms. The Kier molecular flexibility index (Phi) is 4.07. The predicted octanol–water partition coefficient (Wildman–Crippen LogP) is 2.79. The maximum absolute atomic E-state index is 6.13. The van der Waals surface area contributed by atoms with Crippen LogP contribution >= 0.6 is 23.2 Å². The normalized spacial score (nSPS) is 25.1. The van der Waals surface area contributed by atoms with Crippen LogP contribution in [0.5, 0.6) is 0 Å². The predicted molar refractivity (Wildman–Crippen MR) is 68.9 cm³/mol. The lowest BCUT2D eigenvalue weighted by molar-refractivity contribution is 0.0296. The summed E-state index contributed by atoms with van der Waals surface area (Å²) in [5, 5.41) is 0.750. The molecule has 1 fully saturated rings. The highest BCUT2D eigenvalue weighted by Gasteiger charge is 2.28. The molecule has 0 amide bonds. The standard InChI is InChI=1S/C11H15Cl2N3O/c1-3-8-6-17-7(2)5-16(8)10-9(12)4-14-11(13)15-10/h4,7-8H,3,5-6H2,1-2H3. The van der Waals surface area contributed by atoms with Gasteiger partial charge in [0, 0.05) is 6.54 Å². The molecule has 17 heavy (non-hydrogen) atoms. The third-order valence-corrected chi connectivity index (χ3v) is 3.36. The molecule has 0 aromatic carbocycles. The van der Waals surface area contributed by atoms with Crippen LogP contribution in [0.3, 0.4) is 0 Å². The Morgan fingerprint density at radius 2 is 2.29 bits per heavy atom. The van der Waals surface area contributed by atoms with E-state index in [1.54, 1.807) is 6.20 Å². The maximum Gasteiger partial charge on any atom is 0.224 e. The molecule has 0 bridgehead atoms. The number of hydrogen-bond donors (Lipinski definition) is 0. The molecule has 4 nitrogen and oxygen atoms in total. The summed E-state index contributed by atoms with van der Waals surface area (Å²) < 4.78 is 5.64. The molecule has 2 unspecified atom stereocenters. The lowest BCUT2D eigenvalue weighted by Crippen LogP contribution is -2.49. The molecule has 0 spiro atoms. The zero-order chi connectivity index (χ0) is 12.4. The molecular weight excluding hydrogens is 261 g/mol. The van der Waals surface area contributed by atoms with Gasteiger partial charge in [-0.05, 0) is 24.9 Å². The van der Waals surface area contributed by atoms with Crippen LogP contribution < -0.4 is 4.90 Å². The highest BCUT2D eigenvalue weighted by atomic mass is 35.5. The summed E-state index contributed by atoms with van der Waals surface area (Å²) in [6.45, 7) is 5.62. The third kappa shape index (κ3) is 2.81. The van der Waals surface area contributed by atoms with Gasteiger partial charge in [0.1, 0.15) is 5.02 Å². The molecule has 0 saturated carbocycles. The molecule has 0 N–H and O–H groups in total. The number of anilines is 1. The van der Waals surface area contributed by atoms with E-state index in [2.05, 4.69) is 21.8 Å². The molecule has 2 rings (SSSR count). The van der Waals surface area contributed by atoms with Gasteiger partial charge in [-0.2, -0.15) is 4.98 Å². The molecule has 1 aromatic heterocycles. The Labute approximate surface area is 111 Å². The van der Waals surface area contributed by atoms with Gasteiger partial charge in [0.2, 0.25) is 5.28 Å². The quantitative estimate of drug-likeness (QED) is 0.778. The average molecular weight is 276 g/mol. The van der Waals surface area contributed by atoms with Crippen molar-refractivity contribution in [2.75, 3.05) is 18.1 Å². The number of ether oxygens (including phenoxy) is 1. The van der Waals surface area contributed by atoms with Crippen LogP contribution in [-0.2, 0) is 4.74 Å². The molecule has 1 aliphatic heterocycles. The van der Waals surface area contributed by atoms with Crippen molar-refractivity contribution in [2.45, 2.75) is 32.4 Å². The molecule has 1 aromatic rings. The summed E-state index contributed by atoms with van der Waals surface area (Å²) in [5.41, 5.74) is 0. The highest BCUT2D eigenvalue weighted by molar-refractivity contribution is 6.33. The molecule has 2 heterocycles. The Bertz CT molecular complexity index is 402. The van der Waals surface area contributed by atoms with E-state index in [4.69, 9.17) is 27.9 Å². The first kappa shape index (κ1) is 12.9. The van der Waals surface area contributed by atoms with E-state index in [0.29, 0.717) is 17.4 Å². The smallest absolute Gasteiger partial charge is 0.224 e. The molecule has 2 atom stereocenters. The van der Waals surface area contributed by atoms with Gasteiger partial charge in [0.25, 0.3) is 0 Å². The van der Waals surface area contributed by atoms with E-state index in [1.165, 1.54) is 0 Å². The van der Waals surface area contributed by atoms with E-state index >= 15 is 0 Å². The number of aromatic nitrogens is 2. The van der Waals surface area contributed by atoms with Crippen molar-refractivity contribution in [2.24, 2.45) is 0 Å². The van der Waals surface area contributed by atoms with Crippen molar-refractivity contribution < 1.29 is 4.74 Å². The average Bonchev–Trinajstić information content (AvgIpc) is 2.32. The lowest BCUT2D eigenvalue weighted by Gasteiger charge is -2.39. The summed E-state index contributed by atoms with van der Waals surface area (Å²) in [7, 11) is 0. The first-order valence-electron chi connectivity index (χ1n) is 5.68. The van der Waals surface area contributed by atoms with Crippen LogP contribution in [-0.4, -0.2) is 35.3 Å². The summed E-state index contributed by atoms with van der Waals surface area (Å²) in [4.78, 5) is 10.2. The lowest BCUT2D eigenvalue weighted by atomic mass is 10.1. The maximum atomic E-state index is 6.13. The molecular formula is C11H15Cl2N3O. The molecule has 0 aliphatic carbocycles. The number of morpholine rings is 1. The number of rotatable bonds is 2. The van der Waals surface area contributed by atoms with Gasteiger partial charge in [0.15, 0.2) is 5.82 Å². The molecule has 1 aliphatic rings. The Hall–Kier alpha value is -0.580. The Morgan fingerprint density at radius 3 is 3.00 bits per heavy atom. The fraction of sp³-hybridized carbons (Fsp3) is 0.636. The van der Waals surface area contributed by atoms with Crippen LogP contribution in [0.2, 0.25) is 10.3 Å². The molecule has 0 radical (unpaired) electrons. The Morgan fingerprint density at radius 1 is 1.53 bits per heavy atom. The van der Waals surface area contributed by atoms with Gasteiger partial charge in [-0.15, -0.1) is 0 Å². The van der Waals surface area contributed by atoms with E-state index in [-0.39, 0.29) is 17.4 Å². The van der Waals surface area contributed by atoms with Crippen LogP contribution in [0, 0.1) is 0 Å². The fourth-order valence-electron chi connectivity index (χ4n) is 1.98. The minimum Gasteiger partial charge on any atom is -0.375 e. The molecule has 1 saturated heterocycles. The number of halogens is 2. The van der Waals surface area contributed by atoms with Crippen molar-refractivity contribution >= 4 is 29.0 Å². The van der Waals surface area contributed by atoms with E-state index in [0.717, 1.165) is 13.0 Å². The van der Waals surface area contributed by atoms with Crippen molar-refractivity contribution in [3.63, 3.8) is 0 Å². The fourth-order valence-corrected chi connectivity index (χ4v) is 2.31. The molecule has 94 valence electrons. The Balaban J connectivity index is 2.31. The second-order valence-electron chi connectivity index (χ2n) is 4.17. The number of hydrogen-bond acceptors (Lipinski definition) is 4. The van der Waals surface area contributed by atoms with Crippen molar-refractivity contribution in [3.05, 3.63) is 16.5 Å². The second-order valence-corrected chi connectivity index (χ2v) is 4.91. The van der Waals surface area contributed by atoms with Crippen molar-refractivity contribution in [1.29, 1.82) is 0 Å². The topological polar surface area (TPSA) is 38.2 Å². The minimum atomic E-state index is 0.169. The monoisotopic (exact) mass is 275 g/mol. The van der Waals surface area contributed by atoms with Gasteiger partial charge in [-0.25, -0.2) is 4.98 Å². The first-order valence-corrected chi connectivity index (χ1v) is 6.43. The summed E-state index contributed by atoms with van der Waals surface area (Å²) >= 11 is 12.0. The first-order chi connectivity index (χ1) is 8.11. The second kappa shape index (κ2) is 5.38. The van der Waals surface area contributed by atoms with Crippen LogP contribution in [0.15, 0.2) is 6.20 Å². The van der Waals surface area contributed by atoms with Crippen LogP contribution in [0.1, 0.15) is 20.3 Å². The number of nitrogens with zero attached hydrogens (tertiary/aromatic N) is 3. The van der Waals surface area contributed by atoms with Crippen LogP contribution in [0.4, 0.5) is 5.82 Å². The summed E-state index contributed by atoms with van der Waals surface area (Å²) in [6.07, 6.45) is 2.69. The van der Waals surface area contributed by atoms with Crippen LogP contribution in [0.25, 0.3) is 0 Å². The van der Waals surface area contributed by atoms with E-state index in [9.17, 15) is 0 Å². The van der Waals surface area contributed by atoms with Gasteiger partial charge in [-0.3, -0.25) is 0 Å². The third-order valence-electron chi connectivity index (χ3n) is 2.91. The zero-order valence-corrected chi connectivity index (χ0v) is 11.4. The van der Waals surface area contributed by atoms with Gasteiger partial charge >= 0.3 is 0 Å². The largest absolute Gasteiger partial charge is 0.375 e. The van der Waals surface area contributed by atoms with Gasteiger partial charge < -0.3 is 9.64 Å². The SMILES string of the molecule is CCC1COC(C)CN1c1nc(Cl)ncc1Cl. The minimum absolute atomic E-state index is 0.169.